The molecular formula is C2H11ClN2O2. The van der Waals surface area contributed by atoms with Gasteiger partial charge in [0.2, 0.25) is 0 Å². The van der Waals surface area contributed by atoms with Gasteiger partial charge < -0.3 is 17.4 Å². The average molecular weight is 131 g/mol. The molecule has 0 aliphatic rings. The van der Waals surface area contributed by atoms with Crippen LogP contribution in [0.1, 0.15) is 6.92 Å². The summed E-state index contributed by atoms with van der Waals surface area (Å²) in [5.41, 5.74) is 0. The maximum atomic E-state index is 9.00. The Morgan fingerprint density at radius 3 is 1.43 bits per heavy atom. The maximum absolute atomic E-state index is 9.00. The van der Waals surface area contributed by atoms with Gasteiger partial charge in [0.25, 0.3) is 5.97 Å². The third kappa shape index (κ3) is 751. The molecule has 0 aromatic rings. The minimum absolute atomic E-state index is 0. The highest BCUT2D eigenvalue weighted by molar-refractivity contribution is 5.85. The molecule has 0 atom stereocenters. The van der Waals surface area contributed by atoms with E-state index in [9.17, 15) is 0 Å². The number of carbonyl (C=O) groups is 1. The average Bonchev–Trinajstić information content (AvgIpc) is 0.811. The van der Waals surface area contributed by atoms with Crippen molar-refractivity contribution in [2.75, 3.05) is 0 Å². The van der Waals surface area contributed by atoms with Crippen LogP contribution in [0.15, 0.2) is 0 Å². The number of carboxylic acids is 1. The SMILES string of the molecule is CC(=O)O.Cl.N.N. The first-order chi connectivity index (χ1) is 1.73. The predicted octanol–water partition coefficient (Wildman–Crippen LogP) is 0.837. The molecule has 7 heavy (non-hydrogen) atoms. The van der Waals surface area contributed by atoms with Gasteiger partial charge in [0.05, 0.1) is 0 Å². The first-order valence-electron chi connectivity index (χ1n) is 0.928. The minimum Gasteiger partial charge on any atom is -0.481 e. The van der Waals surface area contributed by atoms with Crippen LogP contribution in [0.5, 0.6) is 0 Å². The third-order valence-electron chi connectivity index (χ3n) is 0. The van der Waals surface area contributed by atoms with Crippen LogP contribution >= 0.6 is 12.4 Å². The second-order valence-electron chi connectivity index (χ2n) is 0.519. The molecule has 0 aliphatic heterocycles. The fourth-order valence-corrected chi connectivity index (χ4v) is 0. The van der Waals surface area contributed by atoms with E-state index in [0.717, 1.165) is 6.92 Å². The van der Waals surface area contributed by atoms with Crippen LogP contribution in [0.25, 0.3) is 0 Å². The number of carboxylic acid groups (broad SMARTS) is 1. The summed E-state index contributed by atoms with van der Waals surface area (Å²) in [5, 5.41) is 7.42. The molecule has 0 saturated heterocycles. The van der Waals surface area contributed by atoms with Gasteiger partial charge in [0, 0.05) is 6.92 Å². The molecule has 0 saturated carbocycles. The summed E-state index contributed by atoms with van der Waals surface area (Å²) < 4.78 is 0. The van der Waals surface area contributed by atoms with Crippen LogP contribution in [0.4, 0.5) is 0 Å². The smallest absolute Gasteiger partial charge is 0.300 e. The van der Waals surface area contributed by atoms with Gasteiger partial charge in [-0.05, 0) is 0 Å². The van der Waals surface area contributed by atoms with Gasteiger partial charge >= 0.3 is 0 Å². The molecule has 0 heterocycles. The van der Waals surface area contributed by atoms with Gasteiger partial charge in [-0.2, -0.15) is 0 Å². The molecule has 0 fully saturated rings. The number of hydrogen-bond acceptors (Lipinski definition) is 3. The van der Waals surface area contributed by atoms with E-state index < -0.39 is 5.97 Å². The van der Waals surface area contributed by atoms with Crippen LogP contribution in [-0.2, 0) is 4.79 Å². The van der Waals surface area contributed by atoms with Crippen LogP contribution in [0.2, 0.25) is 0 Å². The number of rotatable bonds is 0. The van der Waals surface area contributed by atoms with Gasteiger partial charge in [0.1, 0.15) is 0 Å². The highest BCUT2D eigenvalue weighted by atomic mass is 35.5. The molecule has 0 radical (unpaired) electrons. The zero-order valence-electron chi connectivity index (χ0n) is 4.18. The van der Waals surface area contributed by atoms with E-state index >= 15 is 0 Å². The van der Waals surface area contributed by atoms with Gasteiger partial charge in [-0.3, -0.25) is 4.79 Å². The normalized spacial score (nSPS) is 3.57. The van der Waals surface area contributed by atoms with E-state index in [-0.39, 0.29) is 24.7 Å². The first kappa shape index (κ1) is 30.0. The lowest BCUT2D eigenvalue weighted by Gasteiger charge is -1.59. The second-order valence-corrected chi connectivity index (χ2v) is 0.519. The molecular weight excluding hydrogens is 119 g/mol. The van der Waals surface area contributed by atoms with Crippen LogP contribution in [0.3, 0.4) is 0 Å². The number of hydrogen-bond donors (Lipinski definition) is 3. The Balaban J connectivity index is -0.0000000150. The molecule has 0 aromatic carbocycles. The summed E-state index contributed by atoms with van der Waals surface area (Å²) in [6.45, 7) is 1.08. The molecule has 0 unspecified atom stereocenters. The van der Waals surface area contributed by atoms with Crippen molar-refractivity contribution in [3.63, 3.8) is 0 Å². The summed E-state index contributed by atoms with van der Waals surface area (Å²) in [6, 6.07) is 0. The Hall–Kier alpha value is -0.320. The Labute approximate surface area is 48.5 Å². The highest BCUT2D eigenvalue weighted by Crippen LogP contribution is 1.42. The fraction of sp³-hybridized carbons (Fsp3) is 0.500. The van der Waals surface area contributed by atoms with E-state index in [1.165, 1.54) is 0 Å². The van der Waals surface area contributed by atoms with Crippen molar-refractivity contribution in [3.05, 3.63) is 0 Å². The van der Waals surface area contributed by atoms with Gasteiger partial charge in [-0.1, -0.05) is 0 Å². The Morgan fingerprint density at radius 2 is 1.43 bits per heavy atom. The van der Waals surface area contributed by atoms with Gasteiger partial charge in [-0.15, -0.1) is 12.4 Å². The monoisotopic (exact) mass is 130 g/mol. The summed E-state index contributed by atoms with van der Waals surface area (Å²) >= 11 is 0. The Kier molecular flexibility index (Phi) is 74.2. The summed E-state index contributed by atoms with van der Waals surface area (Å²) in [4.78, 5) is 9.00. The standard InChI is InChI=1S/C2H4O2.ClH.2H3N/c1-2(3)4;;;/h1H3,(H,3,4);1H;2*1H3. The lowest BCUT2D eigenvalue weighted by atomic mass is 10.9. The zero-order valence-corrected chi connectivity index (χ0v) is 4.99. The quantitative estimate of drug-likeness (QED) is 0.452. The second kappa shape index (κ2) is 17.3. The fourth-order valence-electron chi connectivity index (χ4n) is 0. The van der Waals surface area contributed by atoms with E-state index in [2.05, 4.69) is 0 Å². The minimum atomic E-state index is -0.833. The van der Waals surface area contributed by atoms with Crippen LogP contribution < -0.4 is 12.3 Å². The number of aliphatic carboxylic acids is 1. The maximum Gasteiger partial charge on any atom is 0.300 e. The largest absolute Gasteiger partial charge is 0.481 e. The van der Waals surface area contributed by atoms with Crippen molar-refractivity contribution >= 4 is 18.4 Å². The molecule has 5 heteroatoms. The van der Waals surface area contributed by atoms with Gasteiger partial charge in [0.15, 0.2) is 0 Å². The highest BCUT2D eigenvalue weighted by Gasteiger charge is 1.65. The van der Waals surface area contributed by atoms with Crippen molar-refractivity contribution in [1.29, 1.82) is 0 Å². The van der Waals surface area contributed by atoms with Crippen molar-refractivity contribution in [1.82, 2.24) is 12.3 Å². The molecule has 7 N–H and O–H groups in total. The summed E-state index contributed by atoms with van der Waals surface area (Å²) in [7, 11) is 0. The van der Waals surface area contributed by atoms with E-state index in [1.54, 1.807) is 0 Å². The molecule has 0 bridgehead atoms. The molecule has 0 aromatic heterocycles. The lowest BCUT2D eigenvalue weighted by Crippen LogP contribution is -1.78. The first-order valence-corrected chi connectivity index (χ1v) is 0.928. The summed E-state index contributed by atoms with van der Waals surface area (Å²) in [6.07, 6.45) is 0. The molecule has 0 spiro atoms. The predicted molar refractivity (Wildman–Crippen MR) is 30.6 cm³/mol. The Morgan fingerprint density at radius 1 is 1.43 bits per heavy atom. The van der Waals surface area contributed by atoms with Crippen LogP contribution in [0, 0.1) is 0 Å². The molecule has 48 valence electrons. The Bertz CT molecular complexity index is 36.7. The van der Waals surface area contributed by atoms with Gasteiger partial charge in [-0.25, -0.2) is 0 Å². The number of halogens is 1. The van der Waals surface area contributed by atoms with E-state index in [1.807, 2.05) is 0 Å². The molecule has 0 aliphatic carbocycles. The van der Waals surface area contributed by atoms with E-state index in [4.69, 9.17) is 9.90 Å². The van der Waals surface area contributed by atoms with Crippen LogP contribution in [-0.4, -0.2) is 11.1 Å². The topological polar surface area (TPSA) is 107 Å². The lowest BCUT2D eigenvalue weighted by molar-refractivity contribution is -0.134. The zero-order chi connectivity index (χ0) is 3.58. The van der Waals surface area contributed by atoms with Crippen molar-refractivity contribution in [2.45, 2.75) is 6.92 Å². The molecule has 0 rings (SSSR count). The van der Waals surface area contributed by atoms with Crippen molar-refractivity contribution in [2.24, 2.45) is 0 Å². The summed E-state index contributed by atoms with van der Waals surface area (Å²) in [5.74, 6) is -0.833. The molecule has 4 nitrogen and oxygen atoms in total. The molecule has 0 amide bonds. The third-order valence-corrected chi connectivity index (χ3v) is 0. The van der Waals surface area contributed by atoms with E-state index in [0.29, 0.717) is 0 Å². The van der Waals surface area contributed by atoms with Crippen molar-refractivity contribution < 1.29 is 9.90 Å². The van der Waals surface area contributed by atoms with Crippen molar-refractivity contribution in [3.8, 4) is 0 Å².